The second kappa shape index (κ2) is 6.78. The van der Waals surface area contributed by atoms with Crippen molar-refractivity contribution in [1.29, 1.82) is 0 Å². The van der Waals surface area contributed by atoms with E-state index >= 15 is 0 Å². The molecular formula is C17H20ClNO. The van der Waals surface area contributed by atoms with Crippen LogP contribution in [0.25, 0.3) is 11.1 Å². The van der Waals surface area contributed by atoms with Crippen molar-refractivity contribution in [1.82, 2.24) is 5.32 Å². The Bertz CT molecular complexity index is 566. The lowest BCUT2D eigenvalue weighted by Crippen LogP contribution is -2.17. The molecule has 0 saturated heterocycles. The number of methoxy groups -OCH3 is 1. The fourth-order valence-corrected chi connectivity index (χ4v) is 2.49. The predicted molar refractivity (Wildman–Crippen MR) is 85.5 cm³/mol. The van der Waals surface area contributed by atoms with Crippen molar-refractivity contribution < 1.29 is 4.74 Å². The van der Waals surface area contributed by atoms with Crippen molar-refractivity contribution in [2.24, 2.45) is 0 Å². The summed E-state index contributed by atoms with van der Waals surface area (Å²) in [5, 5.41) is 4.04. The molecule has 1 atom stereocenters. The second-order valence-corrected chi connectivity index (χ2v) is 5.16. The van der Waals surface area contributed by atoms with Crippen LogP contribution in [0.4, 0.5) is 0 Å². The van der Waals surface area contributed by atoms with E-state index < -0.39 is 0 Å². The Balaban J connectivity index is 2.23. The molecule has 2 aromatic carbocycles. The summed E-state index contributed by atoms with van der Waals surface area (Å²) >= 11 is 6.17. The van der Waals surface area contributed by atoms with Gasteiger partial charge in [-0.2, -0.15) is 0 Å². The average molecular weight is 290 g/mol. The van der Waals surface area contributed by atoms with Gasteiger partial charge in [0.25, 0.3) is 0 Å². The van der Waals surface area contributed by atoms with Crippen LogP contribution in [0.1, 0.15) is 25.5 Å². The molecule has 2 aromatic rings. The molecule has 0 bridgehead atoms. The molecule has 3 heteroatoms. The van der Waals surface area contributed by atoms with Gasteiger partial charge in [0.2, 0.25) is 0 Å². The Hall–Kier alpha value is -1.51. The zero-order valence-electron chi connectivity index (χ0n) is 12.1. The number of halogens is 1. The minimum atomic E-state index is 0.369. The first-order valence-electron chi connectivity index (χ1n) is 6.83. The van der Waals surface area contributed by atoms with E-state index in [-0.39, 0.29) is 0 Å². The zero-order valence-corrected chi connectivity index (χ0v) is 12.9. The third kappa shape index (κ3) is 3.33. The van der Waals surface area contributed by atoms with Crippen LogP contribution in [0, 0.1) is 0 Å². The maximum Gasteiger partial charge on any atom is 0.137 e. The number of rotatable bonds is 5. The molecule has 2 rings (SSSR count). The van der Waals surface area contributed by atoms with E-state index in [1.54, 1.807) is 7.11 Å². The molecule has 0 radical (unpaired) electrons. The largest absolute Gasteiger partial charge is 0.495 e. The molecule has 0 amide bonds. The van der Waals surface area contributed by atoms with Gasteiger partial charge in [0.15, 0.2) is 0 Å². The molecule has 0 aliphatic heterocycles. The second-order valence-electron chi connectivity index (χ2n) is 4.75. The van der Waals surface area contributed by atoms with Crippen molar-refractivity contribution >= 4 is 11.6 Å². The molecule has 0 spiro atoms. The first-order chi connectivity index (χ1) is 9.65. The molecule has 1 N–H and O–H groups in total. The number of hydrogen-bond donors (Lipinski definition) is 1. The van der Waals surface area contributed by atoms with Gasteiger partial charge in [0.05, 0.1) is 12.1 Å². The van der Waals surface area contributed by atoms with Gasteiger partial charge in [0, 0.05) is 6.04 Å². The number of ether oxygens (including phenoxy) is 1. The minimum Gasteiger partial charge on any atom is -0.495 e. The number of nitrogens with one attached hydrogen (secondary N) is 1. The minimum absolute atomic E-state index is 0.369. The topological polar surface area (TPSA) is 21.3 Å². The van der Waals surface area contributed by atoms with Crippen LogP contribution in [0.5, 0.6) is 5.75 Å². The number of benzene rings is 2. The van der Waals surface area contributed by atoms with E-state index in [0.29, 0.717) is 16.8 Å². The monoisotopic (exact) mass is 289 g/mol. The van der Waals surface area contributed by atoms with Crippen LogP contribution in [0.3, 0.4) is 0 Å². The van der Waals surface area contributed by atoms with Gasteiger partial charge < -0.3 is 10.1 Å². The van der Waals surface area contributed by atoms with Gasteiger partial charge in [-0.25, -0.2) is 0 Å². The van der Waals surface area contributed by atoms with E-state index in [1.807, 2.05) is 18.2 Å². The highest BCUT2D eigenvalue weighted by Gasteiger charge is 2.06. The van der Waals surface area contributed by atoms with Crippen LogP contribution in [-0.4, -0.2) is 13.7 Å². The Morgan fingerprint density at radius 2 is 1.75 bits per heavy atom. The molecular weight excluding hydrogens is 270 g/mol. The SMILES string of the molecule is CCNC(C)c1ccc(-c2ccc(OC)c(Cl)c2)cc1. The zero-order chi connectivity index (χ0) is 14.5. The van der Waals surface area contributed by atoms with E-state index in [1.165, 1.54) is 5.56 Å². The molecule has 0 heterocycles. The van der Waals surface area contributed by atoms with E-state index in [4.69, 9.17) is 16.3 Å². The fraction of sp³-hybridized carbons (Fsp3) is 0.294. The van der Waals surface area contributed by atoms with Crippen molar-refractivity contribution in [2.75, 3.05) is 13.7 Å². The summed E-state index contributed by atoms with van der Waals surface area (Å²) in [5.41, 5.74) is 3.54. The highest BCUT2D eigenvalue weighted by Crippen LogP contribution is 2.30. The third-order valence-electron chi connectivity index (χ3n) is 3.41. The lowest BCUT2D eigenvalue weighted by Gasteiger charge is -2.13. The quantitative estimate of drug-likeness (QED) is 0.862. The summed E-state index contributed by atoms with van der Waals surface area (Å²) in [6.45, 7) is 5.25. The summed E-state index contributed by atoms with van der Waals surface area (Å²) in [5.74, 6) is 0.702. The Morgan fingerprint density at radius 3 is 2.30 bits per heavy atom. The van der Waals surface area contributed by atoms with Crippen LogP contribution >= 0.6 is 11.6 Å². The Labute approximate surface area is 125 Å². The predicted octanol–water partition coefficient (Wildman–Crippen LogP) is 4.69. The molecule has 0 aromatic heterocycles. The number of hydrogen-bond acceptors (Lipinski definition) is 2. The highest BCUT2D eigenvalue weighted by molar-refractivity contribution is 6.32. The smallest absolute Gasteiger partial charge is 0.137 e. The third-order valence-corrected chi connectivity index (χ3v) is 3.70. The molecule has 1 unspecified atom stereocenters. The summed E-state index contributed by atoms with van der Waals surface area (Å²) in [4.78, 5) is 0. The van der Waals surface area contributed by atoms with Gasteiger partial charge >= 0.3 is 0 Å². The van der Waals surface area contributed by atoms with E-state index in [2.05, 4.69) is 43.4 Å². The first-order valence-corrected chi connectivity index (χ1v) is 7.20. The van der Waals surface area contributed by atoms with Gasteiger partial charge in [0.1, 0.15) is 5.75 Å². The lowest BCUT2D eigenvalue weighted by molar-refractivity contribution is 0.415. The van der Waals surface area contributed by atoms with Crippen LogP contribution < -0.4 is 10.1 Å². The van der Waals surface area contributed by atoms with Gasteiger partial charge in [-0.15, -0.1) is 0 Å². The van der Waals surface area contributed by atoms with Crippen molar-refractivity contribution in [2.45, 2.75) is 19.9 Å². The average Bonchev–Trinajstić information content (AvgIpc) is 2.47. The summed E-state index contributed by atoms with van der Waals surface area (Å²) in [6, 6.07) is 14.8. The normalized spacial score (nSPS) is 12.2. The van der Waals surface area contributed by atoms with E-state index in [0.717, 1.165) is 17.7 Å². The molecule has 106 valence electrons. The molecule has 0 fully saturated rings. The standard InChI is InChI=1S/C17H20ClNO/c1-4-19-12(2)13-5-7-14(8-6-13)15-9-10-17(20-3)16(18)11-15/h5-12,19H,4H2,1-3H3. The highest BCUT2D eigenvalue weighted by atomic mass is 35.5. The fourth-order valence-electron chi connectivity index (χ4n) is 2.23. The van der Waals surface area contributed by atoms with Crippen LogP contribution in [0.2, 0.25) is 5.02 Å². The maximum absolute atomic E-state index is 6.17. The molecule has 0 aliphatic rings. The summed E-state index contributed by atoms with van der Waals surface area (Å²) < 4.78 is 5.17. The summed E-state index contributed by atoms with van der Waals surface area (Å²) in [7, 11) is 1.62. The van der Waals surface area contributed by atoms with Crippen molar-refractivity contribution in [3.63, 3.8) is 0 Å². The molecule has 0 saturated carbocycles. The molecule has 2 nitrogen and oxygen atoms in total. The molecule has 20 heavy (non-hydrogen) atoms. The van der Waals surface area contributed by atoms with Crippen LogP contribution in [0.15, 0.2) is 42.5 Å². The Morgan fingerprint density at radius 1 is 1.10 bits per heavy atom. The van der Waals surface area contributed by atoms with Gasteiger partial charge in [-0.05, 0) is 42.3 Å². The molecule has 0 aliphatic carbocycles. The van der Waals surface area contributed by atoms with Crippen molar-refractivity contribution in [3.05, 3.63) is 53.1 Å². The van der Waals surface area contributed by atoms with Gasteiger partial charge in [-0.3, -0.25) is 0 Å². The lowest BCUT2D eigenvalue weighted by atomic mass is 10.0. The van der Waals surface area contributed by atoms with Gasteiger partial charge in [-0.1, -0.05) is 48.9 Å². The first kappa shape index (κ1) is 14.9. The van der Waals surface area contributed by atoms with E-state index in [9.17, 15) is 0 Å². The summed E-state index contributed by atoms with van der Waals surface area (Å²) in [6.07, 6.45) is 0. The van der Waals surface area contributed by atoms with Crippen molar-refractivity contribution in [3.8, 4) is 16.9 Å². The maximum atomic E-state index is 6.17. The van der Waals surface area contributed by atoms with Crippen LogP contribution in [-0.2, 0) is 0 Å². The Kier molecular flexibility index (Phi) is 5.05.